The summed E-state index contributed by atoms with van der Waals surface area (Å²) in [7, 11) is 0. The van der Waals surface area contributed by atoms with Crippen molar-refractivity contribution >= 4 is 40.0 Å². The second kappa shape index (κ2) is 12.7. The van der Waals surface area contributed by atoms with Gasteiger partial charge in [-0.3, -0.25) is 14.6 Å². The van der Waals surface area contributed by atoms with Crippen LogP contribution in [0.1, 0.15) is 50.5 Å². The van der Waals surface area contributed by atoms with Gasteiger partial charge in [-0.2, -0.15) is 0 Å². The summed E-state index contributed by atoms with van der Waals surface area (Å²) < 4.78 is 0. The standard InChI is InChI=1S/C24H25N3O2S.C2H2O4/c1-16-9-11-17(12-10-16)23(29)22-19-7-2-3-8-20(19)30-24(22)27-21(28)15-25-14-18-6-4-5-13-26-18;3-1(4)2(5)6/h4-6,9-13,25H,2-3,7-8,14-15H2,1H3,(H,27,28);(H,3,4)(H,5,6). The van der Waals surface area contributed by atoms with Crippen molar-refractivity contribution in [3.8, 4) is 0 Å². The molecule has 0 spiro atoms. The Labute approximate surface area is 212 Å². The quantitative estimate of drug-likeness (QED) is 0.280. The molecule has 0 unspecified atom stereocenters. The second-order valence-electron chi connectivity index (χ2n) is 8.19. The summed E-state index contributed by atoms with van der Waals surface area (Å²) >= 11 is 1.55. The molecule has 9 nitrogen and oxygen atoms in total. The summed E-state index contributed by atoms with van der Waals surface area (Å²) in [6, 6.07) is 13.3. The zero-order valence-corrected chi connectivity index (χ0v) is 20.6. The third-order valence-electron chi connectivity index (χ3n) is 5.47. The fourth-order valence-electron chi connectivity index (χ4n) is 3.72. The van der Waals surface area contributed by atoms with Crippen LogP contribution in [0.5, 0.6) is 0 Å². The second-order valence-corrected chi connectivity index (χ2v) is 9.30. The molecule has 1 aliphatic rings. The predicted octanol–water partition coefficient (Wildman–Crippen LogP) is 3.45. The minimum absolute atomic E-state index is 0.00820. The summed E-state index contributed by atoms with van der Waals surface area (Å²) in [6.07, 6.45) is 5.81. The summed E-state index contributed by atoms with van der Waals surface area (Å²) in [5.74, 6) is -3.81. The van der Waals surface area contributed by atoms with Gasteiger partial charge >= 0.3 is 11.9 Å². The number of rotatable bonds is 7. The molecule has 0 saturated carbocycles. The first-order chi connectivity index (χ1) is 17.3. The number of fused-ring (bicyclic) bond motifs is 1. The first kappa shape index (κ1) is 26.7. The van der Waals surface area contributed by atoms with Crippen LogP contribution >= 0.6 is 11.3 Å². The van der Waals surface area contributed by atoms with E-state index in [-0.39, 0.29) is 18.2 Å². The van der Waals surface area contributed by atoms with Gasteiger partial charge in [0.1, 0.15) is 5.00 Å². The number of ketones is 1. The topological polar surface area (TPSA) is 146 Å². The van der Waals surface area contributed by atoms with E-state index in [1.807, 2.05) is 49.4 Å². The van der Waals surface area contributed by atoms with Crippen molar-refractivity contribution in [2.45, 2.75) is 39.2 Å². The highest BCUT2D eigenvalue weighted by molar-refractivity contribution is 7.17. The Hall–Kier alpha value is -3.89. The number of anilines is 1. The smallest absolute Gasteiger partial charge is 0.414 e. The maximum absolute atomic E-state index is 13.3. The Bertz CT molecular complexity index is 1230. The number of hydrogen-bond donors (Lipinski definition) is 4. The maximum Gasteiger partial charge on any atom is 0.414 e. The molecule has 10 heteroatoms. The van der Waals surface area contributed by atoms with Crippen molar-refractivity contribution in [2.75, 3.05) is 11.9 Å². The number of hydrogen-bond acceptors (Lipinski definition) is 7. The van der Waals surface area contributed by atoms with E-state index in [1.54, 1.807) is 17.5 Å². The Balaban J connectivity index is 0.000000538. The molecule has 0 bridgehead atoms. The van der Waals surface area contributed by atoms with Crippen LogP contribution < -0.4 is 10.6 Å². The number of carboxylic acid groups (broad SMARTS) is 2. The number of pyridine rings is 1. The molecule has 2 heterocycles. The van der Waals surface area contributed by atoms with Crippen LogP contribution in [0.2, 0.25) is 0 Å². The molecule has 0 saturated heterocycles. The van der Waals surface area contributed by atoms with Gasteiger partial charge in [-0.1, -0.05) is 35.9 Å². The third-order valence-corrected chi connectivity index (χ3v) is 6.67. The lowest BCUT2D eigenvalue weighted by molar-refractivity contribution is -0.159. The maximum atomic E-state index is 13.3. The summed E-state index contributed by atoms with van der Waals surface area (Å²) in [5.41, 5.74) is 4.46. The van der Waals surface area contributed by atoms with E-state index >= 15 is 0 Å². The first-order valence-corrected chi connectivity index (χ1v) is 12.2. The number of benzene rings is 1. The number of aliphatic carboxylic acids is 2. The van der Waals surface area contributed by atoms with Crippen LogP contribution in [0.25, 0.3) is 0 Å². The average Bonchev–Trinajstić information content (AvgIpc) is 3.22. The monoisotopic (exact) mass is 509 g/mol. The molecule has 1 aromatic carbocycles. The molecule has 36 heavy (non-hydrogen) atoms. The fraction of sp³-hybridized carbons (Fsp3) is 0.269. The lowest BCUT2D eigenvalue weighted by Gasteiger charge is -2.13. The number of carbonyl (C=O) groups is 4. The summed E-state index contributed by atoms with van der Waals surface area (Å²) in [4.78, 5) is 49.6. The minimum atomic E-state index is -1.82. The molecule has 0 aliphatic heterocycles. The summed E-state index contributed by atoms with van der Waals surface area (Å²) in [5, 5.41) is 21.6. The van der Waals surface area contributed by atoms with Crippen molar-refractivity contribution < 1.29 is 29.4 Å². The van der Waals surface area contributed by atoms with E-state index in [4.69, 9.17) is 19.8 Å². The van der Waals surface area contributed by atoms with Gasteiger partial charge in [0, 0.05) is 23.2 Å². The highest BCUT2D eigenvalue weighted by atomic mass is 32.1. The molecule has 4 N–H and O–H groups in total. The van der Waals surface area contributed by atoms with Crippen LogP contribution in [0.15, 0.2) is 48.7 Å². The number of aromatic nitrogens is 1. The predicted molar refractivity (Wildman–Crippen MR) is 135 cm³/mol. The first-order valence-electron chi connectivity index (χ1n) is 11.4. The van der Waals surface area contributed by atoms with Gasteiger partial charge in [-0.15, -0.1) is 11.3 Å². The van der Waals surface area contributed by atoms with E-state index in [2.05, 4.69) is 15.6 Å². The Morgan fingerprint density at radius 2 is 1.67 bits per heavy atom. The Kier molecular flexibility index (Phi) is 9.43. The number of nitrogens with zero attached hydrogens (tertiary/aromatic N) is 1. The number of carboxylic acids is 2. The van der Waals surface area contributed by atoms with Crippen LogP contribution in [0.4, 0.5) is 5.00 Å². The van der Waals surface area contributed by atoms with Gasteiger partial charge in [-0.05, 0) is 50.3 Å². The molecular weight excluding hydrogens is 482 g/mol. The number of carbonyl (C=O) groups excluding carboxylic acids is 2. The van der Waals surface area contributed by atoms with Crippen molar-refractivity contribution in [1.29, 1.82) is 0 Å². The van der Waals surface area contributed by atoms with E-state index in [9.17, 15) is 9.59 Å². The van der Waals surface area contributed by atoms with Crippen molar-refractivity contribution in [3.05, 3.63) is 81.5 Å². The van der Waals surface area contributed by atoms with Gasteiger partial charge in [-0.25, -0.2) is 9.59 Å². The lowest BCUT2D eigenvalue weighted by atomic mass is 9.91. The molecule has 1 aliphatic carbocycles. The Morgan fingerprint density at radius 1 is 0.972 bits per heavy atom. The summed E-state index contributed by atoms with van der Waals surface area (Å²) in [6.45, 7) is 2.69. The van der Waals surface area contributed by atoms with E-state index < -0.39 is 11.9 Å². The van der Waals surface area contributed by atoms with E-state index in [1.165, 1.54) is 4.88 Å². The van der Waals surface area contributed by atoms with Crippen LogP contribution in [0.3, 0.4) is 0 Å². The third kappa shape index (κ3) is 7.30. The molecule has 3 aromatic rings. The highest BCUT2D eigenvalue weighted by Crippen LogP contribution is 2.39. The number of nitrogens with one attached hydrogen (secondary N) is 2. The van der Waals surface area contributed by atoms with Gasteiger partial charge in [0.05, 0.1) is 17.8 Å². The van der Waals surface area contributed by atoms with Gasteiger partial charge < -0.3 is 20.8 Å². The van der Waals surface area contributed by atoms with Crippen molar-refractivity contribution in [1.82, 2.24) is 10.3 Å². The normalized spacial score (nSPS) is 12.0. The Morgan fingerprint density at radius 3 is 2.31 bits per heavy atom. The molecular formula is C26H27N3O6S. The van der Waals surface area contributed by atoms with Crippen LogP contribution in [-0.4, -0.2) is 45.4 Å². The van der Waals surface area contributed by atoms with Crippen molar-refractivity contribution in [3.63, 3.8) is 0 Å². The molecule has 2 aromatic heterocycles. The molecule has 0 atom stereocenters. The van der Waals surface area contributed by atoms with Crippen molar-refractivity contribution in [2.24, 2.45) is 0 Å². The highest BCUT2D eigenvalue weighted by Gasteiger charge is 2.27. The molecule has 0 fully saturated rings. The van der Waals surface area contributed by atoms with Gasteiger partial charge in [0.15, 0.2) is 5.78 Å². The van der Waals surface area contributed by atoms with E-state index in [0.29, 0.717) is 22.7 Å². The van der Waals surface area contributed by atoms with Crippen LogP contribution in [-0.2, 0) is 33.8 Å². The number of thiophene rings is 1. The zero-order chi connectivity index (χ0) is 26.1. The molecule has 1 amide bonds. The molecule has 0 radical (unpaired) electrons. The SMILES string of the molecule is Cc1ccc(C(=O)c2c(NC(=O)CNCc3ccccn3)sc3c2CCCC3)cc1.O=C(O)C(=O)O. The van der Waals surface area contributed by atoms with Crippen LogP contribution in [0, 0.1) is 6.92 Å². The largest absolute Gasteiger partial charge is 0.473 e. The van der Waals surface area contributed by atoms with Gasteiger partial charge in [0.25, 0.3) is 0 Å². The fourth-order valence-corrected chi connectivity index (χ4v) is 5.02. The average molecular weight is 510 g/mol. The molecule has 4 rings (SSSR count). The number of amides is 1. The van der Waals surface area contributed by atoms with Gasteiger partial charge in [0.2, 0.25) is 5.91 Å². The van der Waals surface area contributed by atoms with E-state index in [0.717, 1.165) is 42.5 Å². The lowest BCUT2D eigenvalue weighted by Crippen LogP contribution is -2.28. The zero-order valence-electron chi connectivity index (χ0n) is 19.7. The molecule has 188 valence electrons. The minimum Gasteiger partial charge on any atom is -0.473 e. The number of aryl methyl sites for hydroxylation is 2.